The Morgan fingerprint density at radius 3 is 1.53 bits per heavy atom. The minimum Gasteiger partial charge on any atom is -0.310 e. The van der Waals surface area contributed by atoms with Crippen molar-refractivity contribution in [1.29, 1.82) is 0 Å². The first-order valence-electron chi connectivity index (χ1n) is 23.8. The molecule has 1 fully saturated rings. The van der Waals surface area contributed by atoms with Gasteiger partial charge in [0.1, 0.15) is 0 Å². The van der Waals surface area contributed by atoms with E-state index in [1.807, 2.05) is 0 Å². The number of fused-ring (bicyclic) bond motifs is 4. The third kappa shape index (κ3) is 6.69. The van der Waals surface area contributed by atoms with Gasteiger partial charge in [0.15, 0.2) is 0 Å². The highest BCUT2D eigenvalue weighted by Crippen LogP contribution is 2.58. The molecular weight excluding hydrogens is 795 g/mol. The van der Waals surface area contributed by atoms with E-state index in [1.165, 1.54) is 115 Å². The van der Waals surface area contributed by atoms with Crippen LogP contribution in [-0.4, -0.2) is 0 Å². The maximum Gasteiger partial charge on any atom is 0.0713 e. The molecule has 1 nitrogen and oxygen atoms in total. The van der Waals surface area contributed by atoms with Crippen LogP contribution in [0.1, 0.15) is 65.8 Å². The summed E-state index contributed by atoms with van der Waals surface area (Å²) in [4.78, 5) is 2.47. The monoisotopic (exact) mass is 845 g/mol. The fourth-order valence-electron chi connectivity index (χ4n) is 11.6. The number of rotatable bonds is 9. The van der Waals surface area contributed by atoms with Gasteiger partial charge in [0, 0.05) is 16.9 Å². The number of para-hydroxylation sites is 1. The smallest absolute Gasteiger partial charge is 0.0713 e. The van der Waals surface area contributed by atoms with Gasteiger partial charge in [-0.05, 0) is 127 Å². The first kappa shape index (κ1) is 39.8. The third-order valence-electron chi connectivity index (χ3n) is 14.6. The summed E-state index contributed by atoms with van der Waals surface area (Å²) in [5, 5.41) is 2.71. The minimum absolute atomic E-state index is 0.449. The molecule has 0 aromatic heterocycles. The molecule has 2 aliphatic carbocycles. The zero-order valence-electron chi connectivity index (χ0n) is 37.2. The quantitative estimate of drug-likeness (QED) is 0.140. The Kier molecular flexibility index (Phi) is 10.3. The molecule has 12 rings (SSSR count). The van der Waals surface area contributed by atoms with Crippen LogP contribution in [0.15, 0.2) is 243 Å². The standard InChI is InChI=1S/C65H51N/c1-5-20-46(21-6-1)47-38-42-53(43-39-47)66(62-37-16-14-30-57(62)58-34-18-25-50-24-17-32-55(63(50)58)48-22-7-2-8-23-48)54-44-40-49(41-45-54)56-33-19-36-61-64(56)59-31-13-15-35-60(59)65(61,51-26-9-3-10-27-51)52-28-11-4-12-29-52/h1,3-6,9-21,24-45,48H,2,7-8,22-23H2. The highest BCUT2D eigenvalue weighted by atomic mass is 15.1. The summed E-state index contributed by atoms with van der Waals surface area (Å²) in [5.41, 5.74) is 19.6. The predicted octanol–water partition coefficient (Wildman–Crippen LogP) is 17.7. The van der Waals surface area contributed by atoms with E-state index in [0.29, 0.717) is 5.92 Å². The normalized spacial score (nSPS) is 14.1. The van der Waals surface area contributed by atoms with Crippen molar-refractivity contribution in [2.45, 2.75) is 43.4 Å². The van der Waals surface area contributed by atoms with E-state index in [9.17, 15) is 0 Å². The van der Waals surface area contributed by atoms with Crippen LogP contribution in [0.3, 0.4) is 0 Å². The third-order valence-corrected chi connectivity index (χ3v) is 14.6. The van der Waals surface area contributed by atoms with Crippen LogP contribution in [0, 0.1) is 0 Å². The summed E-state index contributed by atoms with van der Waals surface area (Å²) < 4.78 is 0. The first-order chi connectivity index (χ1) is 32.8. The zero-order chi connectivity index (χ0) is 43.9. The van der Waals surface area contributed by atoms with Crippen LogP contribution in [0.2, 0.25) is 0 Å². The zero-order valence-corrected chi connectivity index (χ0v) is 37.2. The molecule has 0 unspecified atom stereocenters. The van der Waals surface area contributed by atoms with Crippen LogP contribution < -0.4 is 4.90 Å². The van der Waals surface area contributed by atoms with E-state index < -0.39 is 5.41 Å². The van der Waals surface area contributed by atoms with Crippen LogP contribution >= 0.6 is 0 Å². The molecular formula is C65H51N. The Labute approximate surface area is 389 Å². The number of anilines is 3. The molecule has 0 spiro atoms. The topological polar surface area (TPSA) is 3.24 Å². The van der Waals surface area contributed by atoms with E-state index in [2.05, 4.69) is 248 Å². The molecule has 0 amide bonds. The van der Waals surface area contributed by atoms with Crippen molar-refractivity contribution in [1.82, 2.24) is 0 Å². The molecule has 316 valence electrons. The van der Waals surface area contributed by atoms with Crippen LogP contribution in [0.4, 0.5) is 17.1 Å². The van der Waals surface area contributed by atoms with E-state index in [0.717, 1.165) is 17.1 Å². The fourth-order valence-corrected chi connectivity index (χ4v) is 11.6. The lowest BCUT2D eigenvalue weighted by Crippen LogP contribution is -2.28. The molecule has 0 radical (unpaired) electrons. The summed E-state index contributed by atoms with van der Waals surface area (Å²) >= 11 is 0. The summed E-state index contributed by atoms with van der Waals surface area (Å²) in [6.45, 7) is 0. The molecule has 0 saturated heterocycles. The number of benzene rings is 10. The number of hydrogen-bond acceptors (Lipinski definition) is 1. The molecule has 0 atom stereocenters. The molecule has 10 aromatic rings. The number of nitrogens with zero attached hydrogens (tertiary/aromatic N) is 1. The van der Waals surface area contributed by atoms with Gasteiger partial charge in [0.2, 0.25) is 0 Å². The Morgan fingerprint density at radius 1 is 0.348 bits per heavy atom. The molecule has 1 heteroatoms. The van der Waals surface area contributed by atoms with E-state index in [4.69, 9.17) is 0 Å². The van der Waals surface area contributed by atoms with E-state index >= 15 is 0 Å². The van der Waals surface area contributed by atoms with Crippen molar-refractivity contribution in [3.63, 3.8) is 0 Å². The van der Waals surface area contributed by atoms with E-state index in [-0.39, 0.29) is 0 Å². The highest BCUT2D eigenvalue weighted by Gasteiger charge is 2.46. The second-order valence-corrected chi connectivity index (χ2v) is 18.2. The van der Waals surface area contributed by atoms with Crippen LogP contribution in [0.25, 0.3) is 55.3 Å². The Hall–Kier alpha value is -7.74. The second-order valence-electron chi connectivity index (χ2n) is 18.2. The van der Waals surface area contributed by atoms with Crippen molar-refractivity contribution in [2.75, 3.05) is 4.90 Å². The van der Waals surface area contributed by atoms with Crippen molar-refractivity contribution in [3.05, 3.63) is 270 Å². The molecule has 0 heterocycles. The van der Waals surface area contributed by atoms with Gasteiger partial charge in [-0.3, -0.25) is 0 Å². The van der Waals surface area contributed by atoms with Gasteiger partial charge in [-0.2, -0.15) is 0 Å². The van der Waals surface area contributed by atoms with Crippen molar-refractivity contribution < 1.29 is 0 Å². The molecule has 0 N–H and O–H groups in total. The molecule has 1 saturated carbocycles. The van der Waals surface area contributed by atoms with Gasteiger partial charge in [-0.25, -0.2) is 0 Å². The average molecular weight is 846 g/mol. The maximum atomic E-state index is 2.47. The lowest BCUT2D eigenvalue weighted by molar-refractivity contribution is 0.445. The first-order valence-corrected chi connectivity index (χ1v) is 23.8. The highest BCUT2D eigenvalue weighted by molar-refractivity contribution is 6.04. The van der Waals surface area contributed by atoms with E-state index in [1.54, 1.807) is 0 Å². The lowest BCUT2D eigenvalue weighted by atomic mass is 9.67. The van der Waals surface area contributed by atoms with Gasteiger partial charge in [0.05, 0.1) is 11.1 Å². The van der Waals surface area contributed by atoms with Crippen LogP contribution in [-0.2, 0) is 5.41 Å². The van der Waals surface area contributed by atoms with Crippen molar-refractivity contribution >= 4 is 27.8 Å². The lowest BCUT2D eigenvalue weighted by Gasteiger charge is -2.34. The SMILES string of the molecule is c1ccc(-c2ccc(N(c3ccc(-c4cccc5c4-c4ccccc4C5(c4ccccc4)c4ccccc4)cc3)c3ccccc3-c3cccc4cccc(C5CCCCC5)c34)cc2)cc1. The molecule has 10 aromatic carbocycles. The minimum atomic E-state index is -0.449. The summed E-state index contributed by atoms with van der Waals surface area (Å²) in [5.74, 6) is 0.585. The van der Waals surface area contributed by atoms with Gasteiger partial charge >= 0.3 is 0 Å². The summed E-state index contributed by atoms with van der Waals surface area (Å²) in [6.07, 6.45) is 6.48. The summed E-state index contributed by atoms with van der Waals surface area (Å²) in [6, 6.07) is 90.2. The Balaban J connectivity index is 1.02. The van der Waals surface area contributed by atoms with Crippen LogP contribution in [0.5, 0.6) is 0 Å². The van der Waals surface area contributed by atoms with Gasteiger partial charge in [-0.15, -0.1) is 0 Å². The molecule has 0 aliphatic heterocycles. The predicted molar refractivity (Wildman–Crippen MR) is 278 cm³/mol. The fraction of sp³-hybridized carbons (Fsp3) is 0.108. The molecule has 0 bridgehead atoms. The van der Waals surface area contributed by atoms with Gasteiger partial charge in [-0.1, -0.05) is 232 Å². The van der Waals surface area contributed by atoms with Crippen molar-refractivity contribution in [3.8, 4) is 44.5 Å². The second kappa shape index (κ2) is 17.0. The Morgan fingerprint density at radius 2 is 0.848 bits per heavy atom. The molecule has 2 aliphatic rings. The van der Waals surface area contributed by atoms with Crippen molar-refractivity contribution in [2.24, 2.45) is 0 Å². The maximum absolute atomic E-state index is 2.47. The number of hydrogen-bond donors (Lipinski definition) is 0. The molecule has 66 heavy (non-hydrogen) atoms. The summed E-state index contributed by atoms with van der Waals surface area (Å²) in [7, 11) is 0. The van der Waals surface area contributed by atoms with Gasteiger partial charge < -0.3 is 4.90 Å². The average Bonchev–Trinajstić information content (AvgIpc) is 3.71. The van der Waals surface area contributed by atoms with Gasteiger partial charge in [0.25, 0.3) is 0 Å². The largest absolute Gasteiger partial charge is 0.310 e. The Bertz CT molecular complexity index is 3260.